The van der Waals surface area contributed by atoms with Gasteiger partial charge in [-0.3, -0.25) is 4.79 Å². The predicted molar refractivity (Wildman–Crippen MR) is 120 cm³/mol. The lowest BCUT2D eigenvalue weighted by Crippen LogP contribution is -2.22. The van der Waals surface area contributed by atoms with Crippen LogP contribution < -0.4 is 19.6 Å². The van der Waals surface area contributed by atoms with E-state index in [0.717, 1.165) is 22.2 Å². The molecule has 0 fully saturated rings. The number of fused-ring (bicyclic) bond motifs is 3. The molecule has 4 rings (SSSR count). The van der Waals surface area contributed by atoms with Crippen molar-refractivity contribution in [3.63, 3.8) is 0 Å². The van der Waals surface area contributed by atoms with Gasteiger partial charge in [0, 0.05) is 5.56 Å². The molecule has 0 radical (unpaired) electrons. The number of benzene rings is 2. The lowest BCUT2D eigenvalue weighted by atomic mass is 10.1. The average Bonchev–Trinajstić information content (AvgIpc) is 3.24. The highest BCUT2D eigenvalue weighted by atomic mass is 32.1. The summed E-state index contributed by atoms with van der Waals surface area (Å²) in [5, 5.41) is 8.99. The minimum absolute atomic E-state index is 0.136. The van der Waals surface area contributed by atoms with E-state index in [-0.39, 0.29) is 5.56 Å². The summed E-state index contributed by atoms with van der Waals surface area (Å²) in [5.41, 5.74) is 2.90. The van der Waals surface area contributed by atoms with Crippen molar-refractivity contribution >= 4 is 39.4 Å². The fourth-order valence-corrected chi connectivity index (χ4v) is 4.38. The molecule has 0 spiro atoms. The molecule has 0 bridgehead atoms. The van der Waals surface area contributed by atoms with E-state index in [1.165, 1.54) is 11.3 Å². The molecule has 0 aliphatic heterocycles. The second-order valence-electron chi connectivity index (χ2n) is 6.75. The van der Waals surface area contributed by atoms with Gasteiger partial charge in [-0.1, -0.05) is 29.5 Å². The first kappa shape index (κ1) is 20.6. The predicted octanol–water partition coefficient (Wildman–Crippen LogP) is 3.05. The van der Waals surface area contributed by atoms with Crippen LogP contribution in [0.4, 0.5) is 0 Å². The summed E-state index contributed by atoms with van der Waals surface area (Å²) in [5.74, 6) is -0.281. The number of allylic oxidation sites excluding steroid dienone is 1. The van der Waals surface area contributed by atoms with Crippen molar-refractivity contribution in [3.8, 4) is 11.5 Å². The zero-order valence-corrected chi connectivity index (χ0v) is 17.6. The van der Waals surface area contributed by atoms with Crippen LogP contribution in [0, 0.1) is 0 Å². The number of carboxylic acids is 1. The van der Waals surface area contributed by atoms with E-state index in [0.29, 0.717) is 34.0 Å². The highest BCUT2D eigenvalue weighted by molar-refractivity contribution is 7.15. The third-order valence-corrected chi connectivity index (χ3v) is 5.57. The summed E-state index contributed by atoms with van der Waals surface area (Å²) in [7, 11) is 0. The van der Waals surface area contributed by atoms with Gasteiger partial charge in [0.2, 0.25) is 0 Å². The van der Waals surface area contributed by atoms with E-state index >= 15 is 0 Å². The van der Waals surface area contributed by atoms with Crippen molar-refractivity contribution in [2.45, 2.75) is 13.3 Å². The van der Waals surface area contributed by atoms with Gasteiger partial charge in [-0.05, 0) is 49.2 Å². The number of hydrogen-bond donors (Lipinski definition) is 1. The number of thiazole rings is 1. The molecule has 31 heavy (non-hydrogen) atoms. The first-order valence-corrected chi connectivity index (χ1v) is 10.5. The molecule has 0 aliphatic rings. The molecule has 2 aromatic carbocycles. The topological polar surface area (TPSA) is 90.1 Å². The molecule has 1 N–H and O–H groups in total. The Morgan fingerprint density at radius 2 is 2.10 bits per heavy atom. The molecule has 0 atom stereocenters. The Morgan fingerprint density at radius 3 is 2.84 bits per heavy atom. The van der Waals surface area contributed by atoms with Crippen LogP contribution in [0.3, 0.4) is 0 Å². The zero-order chi connectivity index (χ0) is 22.0. The SMILES string of the molecule is C=CCc1cc(/C=c2\sc3nc4ccccc4n3c2=O)cc(OCC)c1OCC(=O)O. The number of aliphatic carboxylic acids is 1. The fraction of sp³-hybridized carbons (Fsp3) is 0.174. The van der Waals surface area contributed by atoms with Crippen molar-refractivity contribution < 1.29 is 19.4 Å². The summed E-state index contributed by atoms with van der Waals surface area (Å²) >= 11 is 1.32. The van der Waals surface area contributed by atoms with Crippen molar-refractivity contribution in [3.05, 3.63) is 75.1 Å². The normalized spacial score (nSPS) is 11.8. The average molecular weight is 436 g/mol. The zero-order valence-electron chi connectivity index (χ0n) is 16.8. The van der Waals surface area contributed by atoms with E-state index in [1.807, 2.05) is 37.3 Å². The fourth-order valence-electron chi connectivity index (χ4n) is 3.40. The minimum atomic E-state index is -1.08. The van der Waals surface area contributed by atoms with Crippen LogP contribution in [0.1, 0.15) is 18.1 Å². The molecule has 0 unspecified atom stereocenters. The van der Waals surface area contributed by atoms with Gasteiger partial charge in [-0.2, -0.15) is 0 Å². The van der Waals surface area contributed by atoms with Gasteiger partial charge in [0.1, 0.15) is 0 Å². The number of imidazole rings is 1. The van der Waals surface area contributed by atoms with Gasteiger partial charge in [-0.15, -0.1) is 6.58 Å². The second kappa shape index (κ2) is 8.61. The maximum atomic E-state index is 13.0. The number of ether oxygens (including phenoxy) is 2. The third kappa shape index (κ3) is 4.02. The molecular weight excluding hydrogens is 416 g/mol. The van der Waals surface area contributed by atoms with E-state index in [9.17, 15) is 9.59 Å². The Balaban J connectivity index is 1.86. The second-order valence-corrected chi connectivity index (χ2v) is 7.76. The molecule has 4 aromatic rings. The molecule has 158 valence electrons. The van der Waals surface area contributed by atoms with Crippen LogP contribution >= 0.6 is 11.3 Å². The number of carboxylic acid groups (broad SMARTS) is 1. The van der Waals surface area contributed by atoms with Gasteiger partial charge in [0.25, 0.3) is 5.56 Å². The van der Waals surface area contributed by atoms with Crippen LogP contribution in [-0.4, -0.2) is 33.7 Å². The number of rotatable bonds is 8. The molecule has 2 aromatic heterocycles. The van der Waals surface area contributed by atoms with Gasteiger partial charge in [0.15, 0.2) is 23.1 Å². The monoisotopic (exact) mass is 436 g/mol. The Kier molecular flexibility index (Phi) is 5.73. The van der Waals surface area contributed by atoms with Crippen LogP contribution in [0.15, 0.2) is 53.8 Å². The number of hydrogen-bond acceptors (Lipinski definition) is 6. The van der Waals surface area contributed by atoms with E-state index in [1.54, 1.807) is 22.6 Å². The Morgan fingerprint density at radius 1 is 1.29 bits per heavy atom. The summed E-state index contributed by atoms with van der Waals surface area (Å²) in [4.78, 5) is 29.2. The Bertz CT molecular complexity index is 1400. The molecule has 0 amide bonds. The van der Waals surface area contributed by atoms with Crippen LogP contribution in [0.5, 0.6) is 11.5 Å². The van der Waals surface area contributed by atoms with Gasteiger partial charge < -0.3 is 14.6 Å². The Labute approximate surface area is 181 Å². The number of carbonyl (C=O) groups is 1. The quantitative estimate of drug-likeness (QED) is 0.427. The summed E-state index contributed by atoms with van der Waals surface area (Å²) in [6, 6.07) is 11.1. The summed E-state index contributed by atoms with van der Waals surface area (Å²) in [6.07, 6.45) is 3.94. The van der Waals surface area contributed by atoms with Crippen molar-refractivity contribution in [1.82, 2.24) is 9.38 Å². The van der Waals surface area contributed by atoms with E-state index in [2.05, 4.69) is 11.6 Å². The molecule has 0 saturated carbocycles. The van der Waals surface area contributed by atoms with Crippen molar-refractivity contribution in [1.29, 1.82) is 0 Å². The smallest absolute Gasteiger partial charge is 0.341 e. The highest BCUT2D eigenvalue weighted by Gasteiger charge is 2.15. The maximum absolute atomic E-state index is 13.0. The largest absolute Gasteiger partial charge is 0.490 e. The van der Waals surface area contributed by atoms with Gasteiger partial charge in [0.05, 0.1) is 22.2 Å². The van der Waals surface area contributed by atoms with E-state index in [4.69, 9.17) is 14.6 Å². The summed E-state index contributed by atoms with van der Waals surface area (Å²) < 4.78 is 13.3. The molecule has 0 saturated heterocycles. The standard InChI is InChI=1S/C23H20N2O5S/c1-3-7-15-10-14(11-18(29-4-2)21(15)30-13-20(26)27)12-19-22(28)25-17-9-6-5-8-16(17)24-23(25)31-19/h3,5-6,8-12H,1,4,7,13H2,2H3,(H,26,27)/b19-12-. The lowest BCUT2D eigenvalue weighted by molar-refractivity contribution is -0.139. The van der Waals surface area contributed by atoms with Crippen LogP contribution in [0.2, 0.25) is 0 Å². The third-order valence-electron chi connectivity index (χ3n) is 4.60. The lowest BCUT2D eigenvalue weighted by Gasteiger charge is -2.15. The van der Waals surface area contributed by atoms with E-state index < -0.39 is 12.6 Å². The number of para-hydroxylation sites is 2. The Hall–Kier alpha value is -3.65. The molecule has 7 nitrogen and oxygen atoms in total. The minimum Gasteiger partial charge on any atom is -0.490 e. The number of aromatic nitrogens is 2. The summed E-state index contributed by atoms with van der Waals surface area (Å²) in [6.45, 7) is 5.50. The first-order chi connectivity index (χ1) is 15.0. The molecule has 0 aliphatic carbocycles. The number of nitrogens with zero attached hydrogens (tertiary/aromatic N) is 2. The van der Waals surface area contributed by atoms with Gasteiger partial charge in [-0.25, -0.2) is 14.2 Å². The van der Waals surface area contributed by atoms with Crippen LogP contribution in [-0.2, 0) is 11.2 Å². The maximum Gasteiger partial charge on any atom is 0.341 e. The van der Waals surface area contributed by atoms with Crippen molar-refractivity contribution in [2.24, 2.45) is 0 Å². The highest BCUT2D eigenvalue weighted by Crippen LogP contribution is 2.34. The van der Waals surface area contributed by atoms with Crippen LogP contribution in [0.25, 0.3) is 22.1 Å². The van der Waals surface area contributed by atoms with Gasteiger partial charge >= 0.3 is 5.97 Å². The van der Waals surface area contributed by atoms with Crippen molar-refractivity contribution in [2.75, 3.05) is 13.2 Å². The first-order valence-electron chi connectivity index (χ1n) is 9.68. The molecule has 8 heteroatoms. The molecular formula is C23H20N2O5S. The molecule has 2 heterocycles.